The molecule has 0 radical (unpaired) electrons. The Morgan fingerprint density at radius 3 is 2.54 bits per heavy atom. The van der Waals surface area contributed by atoms with E-state index in [1.165, 1.54) is 0 Å². The fourth-order valence-corrected chi connectivity index (χ4v) is 2.80. The van der Waals surface area contributed by atoms with Gasteiger partial charge in [0.05, 0.1) is 14.2 Å². The second-order valence-electron chi connectivity index (χ2n) is 6.04. The van der Waals surface area contributed by atoms with Crippen molar-refractivity contribution in [3.63, 3.8) is 0 Å². The van der Waals surface area contributed by atoms with Crippen molar-refractivity contribution in [2.75, 3.05) is 24.9 Å². The van der Waals surface area contributed by atoms with Crippen molar-refractivity contribution in [1.82, 2.24) is 4.98 Å². The van der Waals surface area contributed by atoms with Crippen LogP contribution in [0.1, 0.15) is 15.9 Å². The zero-order valence-corrected chi connectivity index (χ0v) is 16.5. The third kappa shape index (κ3) is 4.53. The van der Waals surface area contributed by atoms with Crippen molar-refractivity contribution >= 4 is 34.7 Å². The first-order chi connectivity index (χ1) is 13.5. The molecule has 0 aliphatic heterocycles. The Hall–Kier alpha value is -3.25. The van der Waals surface area contributed by atoms with E-state index in [2.05, 4.69) is 15.6 Å². The smallest absolute Gasteiger partial charge is 0.255 e. The van der Waals surface area contributed by atoms with Crippen LogP contribution >= 0.6 is 11.6 Å². The number of benzene rings is 2. The molecule has 3 aromatic rings. The standard InChI is InChI=1S/C21H20ClN3O3/c1-13-4-5-15(22)11-17(13)25-20-10-14(8-9-23-20)21(26)24-16-6-7-18(27-2)19(12-16)28-3/h4-12H,1-3H3,(H,23,25)(H,24,26). The first kappa shape index (κ1) is 19.5. The van der Waals surface area contributed by atoms with Crippen LogP contribution in [0.2, 0.25) is 5.02 Å². The number of amides is 1. The predicted molar refractivity (Wildman–Crippen MR) is 111 cm³/mol. The molecule has 7 heteroatoms. The molecule has 0 bridgehead atoms. The van der Waals surface area contributed by atoms with Gasteiger partial charge in [0.15, 0.2) is 11.5 Å². The molecule has 28 heavy (non-hydrogen) atoms. The van der Waals surface area contributed by atoms with Crippen molar-refractivity contribution in [3.8, 4) is 11.5 Å². The number of anilines is 3. The molecule has 1 aromatic heterocycles. The topological polar surface area (TPSA) is 72.5 Å². The number of nitrogens with zero attached hydrogens (tertiary/aromatic N) is 1. The van der Waals surface area contributed by atoms with Gasteiger partial charge in [-0.1, -0.05) is 17.7 Å². The van der Waals surface area contributed by atoms with E-state index >= 15 is 0 Å². The molecule has 0 fully saturated rings. The summed E-state index contributed by atoms with van der Waals surface area (Å²) in [6, 6.07) is 14.1. The minimum Gasteiger partial charge on any atom is -0.493 e. The van der Waals surface area contributed by atoms with Gasteiger partial charge < -0.3 is 20.1 Å². The lowest BCUT2D eigenvalue weighted by Gasteiger charge is -2.12. The minimum absolute atomic E-state index is 0.263. The van der Waals surface area contributed by atoms with Gasteiger partial charge in [0.2, 0.25) is 0 Å². The quantitative estimate of drug-likeness (QED) is 0.608. The Kier molecular flexibility index (Phi) is 6.01. The van der Waals surface area contributed by atoms with E-state index in [4.69, 9.17) is 21.1 Å². The van der Waals surface area contributed by atoms with Gasteiger partial charge in [-0.15, -0.1) is 0 Å². The van der Waals surface area contributed by atoms with Crippen LogP contribution in [0.4, 0.5) is 17.2 Å². The number of carbonyl (C=O) groups excluding carboxylic acids is 1. The molecular formula is C21H20ClN3O3. The average molecular weight is 398 g/mol. The Morgan fingerprint density at radius 1 is 1.00 bits per heavy atom. The zero-order chi connectivity index (χ0) is 20.1. The third-order valence-corrected chi connectivity index (χ3v) is 4.36. The molecule has 6 nitrogen and oxygen atoms in total. The number of halogens is 1. The van der Waals surface area contributed by atoms with Gasteiger partial charge in [-0.25, -0.2) is 4.98 Å². The molecule has 1 heterocycles. The fraction of sp³-hybridized carbons (Fsp3) is 0.143. The summed E-state index contributed by atoms with van der Waals surface area (Å²) in [5, 5.41) is 6.66. The van der Waals surface area contributed by atoms with E-state index < -0.39 is 0 Å². The SMILES string of the molecule is COc1ccc(NC(=O)c2ccnc(Nc3cc(Cl)ccc3C)c2)cc1OC. The maximum atomic E-state index is 12.6. The summed E-state index contributed by atoms with van der Waals surface area (Å²) >= 11 is 6.06. The molecule has 0 aliphatic carbocycles. The second-order valence-corrected chi connectivity index (χ2v) is 6.47. The van der Waals surface area contributed by atoms with Crippen LogP contribution in [0, 0.1) is 6.92 Å². The monoisotopic (exact) mass is 397 g/mol. The number of aryl methyl sites for hydroxylation is 1. The number of aromatic nitrogens is 1. The predicted octanol–water partition coefficient (Wildman–Crippen LogP) is 5.06. The number of nitrogens with one attached hydrogen (secondary N) is 2. The number of ether oxygens (including phenoxy) is 2. The van der Waals surface area contributed by atoms with Gasteiger partial charge >= 0.3 is 0 Å². The summed E-state index contributed by atoms with van der Waals surface area (Å²) < 4.78 is 10.5. The van der Waals surface area contributed by atoms with Crippen molar-refractivity contribution in [3.05, 3.63) is 70.9 Å². The minimum atomic E-state index is -0.263. The molecule has 0 aliphatic rings. The average Bonchev–Trinajstić information content (AvgIpc) is 2.70. The molecule has 3 rings (SSSR count). The molecule has 0 unspecified atom stereocenters. The van der Waals surface area contributed by atoms with Crippen LogP contribution < -0.4 is 20.1 Å². The maximum absolute atomic E-state index is 12.6. The first-order valence-corrected chi connectivity index (χ1v) is 8.90. The van der Waals surface area contributed by atoms with Crippen molar-refractivity contribution in [2.45, 2.75) is 6.92 Å². The highest BCUT2D eigenvalue weighted by Gasteiger charge is 2.11. The van der Waals surface area contributed by atoms with E-state index in [1.54, 1.807) is 50.7 Å². The fourth-order valence-electron chi connectivity index (χ4n) is 2.62. The number of hydrogen-bond acceptors (Lipinski definition) is 5. The number of pyridine rings is 1. The summed E-state index contributed by atoms with van der Waals surface area (Å²) in [7, 11) is 3.10. The van der Waals surface area contributed by atoms with Crippen LogP contribution in [0.5, 0.6) is 11.5 Å². The van der Waals surface area contributed by atoms with Gasteiger partial charge in [0.1, 0.15) is 5.82 Å². The highest BCUT2D eigenvalue weighted by molar-refractivity contribution is 6.30. The van der Waals surface area contributed by atoms with Crippen LogP contribution in [0.25, 0.3) is 0 Å². The van der Waals surface area contributed by atoms with Gasteiger partial charge in [-0.3, -0.25) is 4.79 Å². The molecule has 2 aromatic carbocycles. The normalized spacial score (nSPS) is 10.3. The Balaban J connectivity index is 1.78. The summed E-state index contributed by atoms with van der Waals surface area (Å²) in [6.07, 6.45) is 1.58. The lowest BCUT2D eigenvalue weighted by molar-refractivity contribution is 0.102. The molecule has 0 saturated heterocycles. The van der Waals surface area contributed by atoms with Crippen LogP contribution in [-0.4, -0.2) is 25.1 Å². The summed E-state index contributed by atoms with van der Waals surface area (Å²) in [5.74, 6) is 1.41. The molecule has 0 spiro atoms. The van der Waals surface area contributed by atoms with E-state index in [1.807, 2.05) is 25.1 Å². The number of methoxy groups -OCH3 is 2. The van der Waals surface area contributed by atoms with Gasteiger partial charge in [0, 0.05) is 34.2 Å². The molecule has 2 N–H and O–H groups in total. The summed E-state index contributed by atoms with van der Waals surface area (Å²) in [4.78, 5) is 16.9. The van der Waals surface area contributed by atoms with E-state index in [0.29, 0.717) is 33.6 Å². The molecule has 0 atom stereocenters. The van der Waals surface area contributed by atoms with Gasteiger partial charge in [-0.05, 0) is 48.9 Å². The second kappa shape index (κ2) is 8.63. The van der Waals surface area contributed by atoms with Crippen LogP contribution in [0.3, 0.4) is 0 Å². The molecule has 0 saturated carbocycles. The lowest BCUT2D eigenvalue weighted by atomic mass is 10.2. The van der Waals surface area contributed by atoms with E-state index in [0.717, 1.165) is 11.3 Å². The summed E-state index contributed by atoms with van der Waals surface area (Å²) in [6.45, 7) is 1.96. The largest absolute Gasteiger partial charge is 0.493 e. The molecule has 1 amide bonds. The van der Waals surface area contributed by atoms with E-state index in [-0.39, 0.29) is 5.91 Å². The van der Waals surface area contributed by atoms with E-state index in [9.17, 15) is 4.79 Å². The highest BCUT2D eigenvalue weighted by atomic mass is 35.5. The third-order valence-electron chi connectivity index (χ3n) is 4.13. The Bertz CT molecular complexity index is 1010. The van der Waals surface area contributed by atoms with Gasteiger partial charge in [0.25, 0.3) is 5.91 Å². The first-order valence-electron chi connectivity index (χ1n) is 8.53. The van der Waals surface area contributed by atoms with Crippen molar-refractivity contribution < 1.29 is 14.3 Å². The van der Waals surface area contributed by atoms with Crippen molar-refractivity contribution in [1.29, 1.82) is 0 Å². The molecular weight excluding hydrogens is 378 g/mol. The number of hydrogen-bond donors (Lipinski definition) is 2. The number of rotatable bonds is 6. The highest BCUT2D eigenvalue weighted by Crippen LogP contribution is 2.30. The van der Waals surface area contributed by atoms with Crippen LogP contribution in [0.15, 0.2) is 54.7 Å². The number of carbonyl (C=O) groups is 1. The molecule has 144 valence electrons. The summed E-state index contributed by atoms with van der Waals surface area (Å²) in [5.41, 5.74) is 2.91. The van der Waals surface area contributed by atoms with Crippen molar-refractivity contribution in [2.24, 2.45) is 0 Å². The van der Waals surface area contributed by atoms with Crippen LogP contribution in [-0.2, 0) is 0 Å². The van der Waals surface area contributed by atoms with Gasteiger partial charge in [-0.2, -0.15) is 0 Å². The maximum Gasteiger partial charge on any atom is 0.255 e. The Labute approximate surface area is 168 Å². The Morgan fingerprint density at radius 2 is 1.79 bits per heavy atom. The zero-order valence-electron chi connectivity index (χ0n) is 15.7. The lowest BCUT2D eigenvalue weighted by Crippen LogP contribution is -2.12.